The van der Waals surface area contributed by atoms with E-state index in [0.29, 0.717) is 0 Å². The third-order valence-electron chi connectivity index (χ3n) is 13.9. The van der Waals surface area contributed by atoms with Gasteiger partial charge in [-0.1, -0.05) is 232 Å². The molecule has 0 atom stereocenters. The van der Waals surface area contributed by atoms with Crippen LogP contribution in [0.3, 0.4) is 0 Å². The fraction of sp³-hybridized carbons (Fsp3) is 0.0462. The second-order valence-corrected chi connectivity index (χ2v) is 18.0. The van der Waals surface area contributed by atoms with Gasteiger partial charge in [-0.3, -0.25) is 0 Å². The van der Waals surface area contributed by atoms with E-state index in [4.69, 9.17) is 0 Å². The van der Waals surface area contributed by atoms with Gasteiger partial charge in [0, 0.05) is 27.7 Å². The van der Waals surface area contributed by atoms with Gasteiger partial charge < -0.3 is 4.90 Å². The van der Waals surface area contributed by atoms with Crippen LogP contribution in [0.2, 0.25) is 0 Å². The Kier molecular flexibility index (Phi) is 9.58. The fourth-order valence-electron chi connectivity index (χ4n) is 10.6. The Balaban J connectivity index is 1.12. The molecule has 0 saturated heterocycles. The van der Waals surface area contributed by atoms with Crippen LogP contribution in [0.15, 0.2) is 249 Å². The molecule has 0 aliphatic heterocycles. The monoisotopic (exact) mass is 841 g/mol. The van der Waals surface area contributed by atoms with Crippen LogP contribution < -0.4 is 4.90 Å². The molecule has 12 rings (SSSR count). The lowest BCUT2D eigenvalue weighted by Gasteiger charge is -2.32. The Morgan fingerprint density at radius 1 is 0.273 bits per heavy atom. The van der Waals surface area contributed by atoms with Gasteiger partial charge in [0.25, 0.3) is 0 Å². The summed E-state index contributed by atoms with van der Waals surface area (Å²) in [6, 6.07) is 91.6. The molecule has 11 aromatic carbocycles. The Hall–Kier alpha value is -8.26. The third kappa shape index (κ3) is 6.63. The summed E-state index contributed by atoms with van der Waals surface area (Å²) < 4.78 is 0. The quantitative estimate of drug-likeness (QED) is 0.138. The number of benzene rings is 11. The first-order valence-electron chi connectivity index (χ1n) is 23.0. The minimum Gasteiger partial charge on any atom is -0.309 e. The summed E-state index contributed by atoms with van der Waals surface area (Å²) in [5.74, 6) is 0. The number of hydrogen-bond acceptors (Lipinski definition) is 1. The number of hydrogen-bond donors (Lipinski definition) is 0. The molecule has 0 unspecified atom stereocenters. The predicted molar refractivity (Wildman–Crippen MR) is 281 cm³/mol. The van der Waals surface area contributed by atoms with Crippen LogP contribution in [0.25, 0.3) is 88.3 Å². The van der Waals surface area contributed by atoms with E-state index in [2.05, 4.69) is 267 Å². The summed E-state index contributed by atoms with van der Waals surface area (Å²) in [6.07, 6.45) is 0. The van der Waals surface area contributed by atoms with Gasteiger partial charge in [0.15, 0.2) is 0 Å². The van der Waals surface area contributed by atoms with Crippen molar-refractivity contribution in [2.45, 2.75) is 19.3 Å². The number of anilines is 3. The molecule has 0 N–H and O–H groups in total. The Labute approximate surface area is 387 Å². The van der Waals surface area contributed by atoms with E-state index in [1.54, 1.807) is 0 Å². The van der Waals surface area contributed by atoms with Crippen molar-refractivity contribution in [1.82, 2.24) is 0 Å². The van der Waals surface area contributed by atoms with Gasteiger partial charge in [0.1, 0.15) is 0 Å². The van der Waals surface area contributed by atoms with Crippen LogP contribution in [-0.2, 0) is 5.41 Å². The molecule has 0 spiro atoms. The lowest BCUT2D eigenvalue weighted by Crippen LogP contribution is -2.17. The fourth-order valence-corrected chi connectivity index (χ4v) is 10.6. The highest BCUT2D eigenvalue weighted by Crippen LogP contribution is 2.54. The van der Waals surface area contributed by atoms with Gasteiger partial charge >= 0.3 is 0 Å². The van der Waals surface area contributed by atoms with Crippen LogP contribution in [0.1, 0.15) is 25.0 Å². The molecule has 0 bridgehead atoms. The normalized spacial score (nSPS) is 12.5. The molecule has 1 aliphatic carbocycles. The van der Waals surface area contributed by atoms with E-state index in [1.165, 1.54) is 99.4 Å². The Bertz CT molecular complexity index is 3570. The highest BCUT2D eigenvalue weighted by Gasteiger charge is 2.37. The molecule has 0 saturated carbocycles. The molecule has 0 amide bonds. The molecule has 66 heavy (non-hydrogen) atoms. The summed E-state index contributed by atoms with van der Waals surface area (Å²) >= 11 is 0. The summed E-state index contributed by atoms with van der Waals surface area (Å²) in [4.78, 5) is 2.56. The minimum atomic E-state index is -0.240. The van der Waals surface area contributed by atoms with E-state index in [1.807, 2.05) is 0 Å². The minimum absolute atomic E-state index is 0.240. The van der Waals surface area contributed by atoms with Crippen LogP contribution in [0.4, 0.5) is 17.1 Å². The average Bonchev–Trinajstić information content (AvgIpc) is 3.62. The molecule has 312 valence electrons. The first-order valence-corrected chi connectivity index (χ1v) is 23.0. The summed E-state index contributed by atoms with van der Waals surface area (Å²) in [5.41, 5.74) is 20.4. The van der Waals surface area contributed by atoms with E-state index >= 15 is 0 Å². The molecule has 0 aromatic heterocycles. The zero-order valence-electron chi connectivity index (χ0n) is 37.1. The van der Waals surface area contributed by atoms with Gasteiger partial charge in [-0.05, 0) is 119 Å². The van der Waals surface area contributed by atoms with Crippen molar-refractivity contribution in [3.63, 3.8) is 0 Å². The van der Waals surface area contributed by atoms with Crippen molar-refractivity contribution in [2.75, 3.05) is 4.90 Å². The molecule has 0 fully saturated rings. The summed E-state index contributed by atoms with van der Waals surface area (Å²) in [6.45, 7) is 4.79. The molecule has 1 aliphatic rings. The first kappa shape index (κ1) is 39.3. The van der Waals surface area contributed by atoms with Crippen LogP contribution in [0.5, 0.6) is 0 Å². The highest BCUT2D eigenvalue weighted by atomic mass is 15.1. The SMILES string of the molecule is CC1(C)c2cc(-c3ccccc3)ccc2-c2ccc(N(c3ccc(-c4ccc(-c5ccccc5)cc4)c(-c4ccccc4)c3)c3c(-c4ccccc4)c4ccccc4c4ccccc34)cc21. The number of nitrogens with zero attached hydrogens (tertiary/aromatic N) is 1. The van der Waals surface area contributed by atoms with Crippen molar-refractivity contribution in [3.05, 3.63) is 260 Å². The van der Waals surface area contributed by atoms with Crippen molar-refractivity contribution < 1.29 is 0 Å². The Morgan fingerprint density at radius 2 is 0.667 bits per heavy atom. The molecule has 0 radical (unpaired) electrons. The molecule has 11 aromatic rings. The molecule has 1 nitrogen and oxygen atoms in total. The lowest BCUT2D eigenvalue weighted by atomic mass is 9.81. The van der Waals surface area contributed by atoms with Crippen molar-refractivity contribution in [2.24, 2.45) is 0 Å². The highest BCUT2D eigenvalue weighted by molar-refractivity contribution is 6.22. The van der Waals surface area contributed by atoms with E-state index in [9.17, 15) is 0 Å². The van der Waals surface area contributed by atoms with Gasteiger partial charge in [0.05, 0.1) is 5.69 Å². The Morgan fingerprint density at radius 3 is 1.29 bits per heavy atom. The van der Waals surface area contributed by atoms with Crippen molar-refractivity contribution >= 4 is 38.6 Å². The maximum Gasteiger partial charge on any atom is 0.0624 e. The van der Waals surface area contributed by atoms with Crippen LogP contribution in [0, 0.1) is 0 Å². The smallest absolute Gasteiger partial charge is 0.0624 e. The molecular formula is C65H47N. The second-order valence-electron chi connectivity index (χ2n) is 18.0. The van der Waals surface area contributed by atoms with Crippen LogP contribution >= 0.6 is 0 Å². The predicted octanol–water partition coefficient (Wildman–Crippen LogP) is 18.1. The van der Waals surface area contributed by atoms with E-state index < -0.39 is 0 Å². The van der Waals surface area contributed by atoms with Crippen LogP contribution in [-0.4, -0.2) is 0 Å². The molecule has 0 heterocycles. The molecule has 1 heteroatoms. The zero-order chi connectivity index (χ0) is 44.2. The maximum absolute atomic E-state index is 2.56. The van der Waals surface area contributed by atoms with Gasteiger partial charge in [-0.15, -0.1) is 0 Å². The van der Waals surface area contributed by atoms with Crippen molar-refractivity contribution in [1.29, 1.82) is 0 Å². The average molecular weight is 842 g/mol. The van der Waals surface area contributed by atoms with E-state index in [-0.39, 0.29) is 5.41 Å². The first-order chi connectivity index (χ1) is 32.5. The standard InChI is InChI=1S/C65H47N/c1-65(2)61-41-50(45-21-9-4-10-22-45)35-38-56(61)57-40-37-52(43-62(57)65)66(64-59-30-18-16-28-55(59)54-27-15-17-29-58(54)63(64)49-25-13-6-14-26-49)51-36-39-53(60(42-51)47-23-11-5-12-24-47)48-33-31-46(32-34-48)44-19-7-3-8-20-44/h3-43H,1-2H3. The van der Waals surface area contributed by atoms with Gasteiger partial charge in [-0.2, -0.15) is 0 Å². The lowest BCUT2D eigenvalue weighted by molar-refractivity contribution is 0.660. The third-order valence-corrected chi connectivity index (χ3v) is 13.9. The van der Waals surface area contributed by atoms with E-state index in [0.717, 1.165) is 17.1 Å². The second kappa shape index (κ2) is 16.1. The number of rotatable bonds is 8. The van der Waals surface area contributed by atoms with Crippen molar-refractivity contribution in [3.8, 4) is 66.8 Å². The number of fused-ring (bicyclic) bond motifs is 6. The topological polar surface area (TPSA) is 3.24 Å². The largest absolute Gasteiger partial charge is 0.309 e. The summed E-state index contributed by atoms with van der Waals surface area (Å²) in [7, 11) is 0. The summed E-state index contributed by atoms with van der Waals surface area (Å²) in [5, 5.41) is 4.90. The van der Waals surface area contributed by atoms with Gasteiger partial charge in [0.2, 0.25) is 0 Å². The zero-order valence-corrected chi connectivity index (χ0v) is 37.1. The molecular weight excluding hydrogens is 795 g/mol. The van der Waals surface area contributed by atoms with Gasteiger partial charge in [-0.25, -0.2) is 0 Å². The maximum atomic E-state index is 2.56.